The highest BCUT2D eigenvalue weighted by atomic mass is 16.2. The maximum absolute atomic E-state index is 12.7. The maximum atomic E-state index is 12.7. The second-order valence-electron chi connectivity index (χ2n) is 10.5. The summed E-state index contributed by atoms with van der Waals surface area (Å²) in [7, 11) is 0. The number of hydrogen-bond donors (Lipinski definition) is 3. The maximum Gasteiger partial charge on any atom is 0.354 e. The first-order valence-electron chi connectivity index (χ1n) is 12.5. The van der Waals surface area contributed by atoms with Gasteiger partial charge in [0.15, 0.2) is 0 Å². The predicted octanol–water partition coefficient (Wildman–Crippen LogP) is 0.0495. The molecule has 4 N–H and O–H groups in total. The van der Waals surface area contributed by atoms with E-state index in [1.165, 1.54) is 10.1 Å². The van der Waals surface area contributed by atoms with E-state index in [-0.39, 0.29) is 17.8 Å². The summed E-state index contributed by atoms with van der Waals surface area (Å²) in [5, 5.41) is 6.16. The first kappa shape index (κ1) is 24.4. The van der Waals surface area contributed by atoms with Crippen molar-refractivity contribution < 1.29 is 9.59 Å². The van der Waals surface area contributed by atoms with Crippen molar-refractivity contribution in [1.82, 2.24) is 29.6 Å². The van der Waals surface area contributed by atoms with E-state index in [4.69, 9.17) is 5.73 Å². The van der Waals surface area contributed by atoms with Crippen molar-refractivity contribution in [1.29, 1.82) is 0 Å². The Kier molecular flexibility index (Phi) is 6.54. The lowest BCUT2D eigenvalue weighted by Gasteiger charge is -2.37. The van der Waals surface area contributed by atoms with Gasteiger partial charge in [-0.05, 0) is 37.6 Å². The molecule has 1 aromatic heterocycles. The molecule has 0 bridgehead atoms. The minimum Gasteiger partial charge on any atom is -0.338 e. The van der Waals surface area contributed by atoms with Gasteiger partial charge in [0.25, 0.3) is 0 Å². The van der Waals surface area contributed by atoms with Crippen LogP contribution in [-0.4, -0.2) is 93.6 Å². The van der Waals surface area contributed by atoms with Crippen LogP contribution in [0.2, 0.25) is 0 Å². The SMILES string of the molecule is CC(C)(N)C(=O)N1CCN(C(=O)Nc2ccn(-c3ccc(CN4CC5CN[C@@H]5C4)cc3)c(=O)n2)CC1. The number of nitrogens with two attached hydrogens (primary N) is 1. The lowest BCUT2D eigenvalue weighted by atomic mass is 9.96. The summed E-state index contributed by atoms with van der Waals surface area (Å²) in [5.41, 5.74) is 6.42. The van der Waals surface area contributed by atoms with Crippen molar-refractivity contribution in [3.8, 4) is 5.69 Å². The van der Waals surface area contributed by atoms with Crippen LogP contribution in [0.1, 0.15) is 19.4 Å². The van der Waals surface area contributed by atoms with Gasteiger partial charge < -0.3 is 20.9 Å². The molecule has 2 atom stereocenters. The summed E-state index contributed by atoms with van der Waals surface area (Å²) in [6.45, 7) is 9.17. The zero-order valence-electron chi connectivity index (χ0n) is 20.8. The number of rotatable bonds is 5. The van der Waals surface area contributed by atoms with Crippen LogP contribution in [-0.2, 0) is 11.3 Å². The van der Waals surface area contributed by atoms with Gasteiger partial charge in [-0.3, -0.25) is 19.6 Å². The third-order valence-corrected chi connectivity index (χ3v) is 7.22. The summed E-state index contributed by atoms with van der Waals surface area (Å²) >= 11 is 0. The van der Waals surface area contributed by atoms with Gasteiger partial charge in [-0.1, -0.05) is 12.1 Å². The Labute approximate surface area is 210 Å². The molecule has 0 saturated carbocycles. The molecule has 192 valence electrons. The number of nitrogens with zero attached hydrogens (tertiary/aromatic N) is 5. The number of likely N-dealkylation sites (tertiary alicyclic amines) is 1. The number of carbonyl (C=O) groups excluding carboxylic acids is 2. The molecule has 0 radical (unpaired) electrons. The third kappa shape index (κ3) is 5.13. The zero-order chi connectivity index (χ0) is 25.4. The predicted molar refractivity (Wildman–Crippen MR) is 136 cm³/mol. The van der Waals surface area contributed by atoms with Crippen LogP contribution in [0.5, 0.6) is 0 Å². The Morgan fingerprint density at radius 2 is 1.78 bits per heavy atom. The highest BCUT2D eigenvalue weighted by molar-refractivity contribution is 5.89. The van der Waals surface area contributed by atoms with Gasteiger partial charge >= 0.3 is 11.7 Å². The molecule has 3 aliphatic heterocycles. The van der Waals surface area contributed by atoms with E-state index in [9.17, 15) is 14.4 Å². The molecule has 3 fully saturated rings. The van der Waals surface area contributed by atoms with Crippen LogP contribution in [0.3, 0.4) is 0 Å². The molecular weight excluding hydrogens is 460 g/mol. The van der Waals surface area contributed by atoms with Gasteiger partial charge in [-0.2, -0.15) is 4.98 Å². The monoisotopic (exact) mass is 494 g/mol. The van der Waals surface area contributed by atoms with Gasteiger partial charge in [0.2, 0.25) is 5.91 Å². The Balaban J connectivity index is 1.16. The molecule has 0 aliphatic carbocycles. The Hall–Kier alpha value is -3.28. The second kappa shape index (κ2) is 9.64. The van der Waals surface area contributed by atoms with Crippen molar-refractivity contribution in [2.75, 3.05) is 51.1 Å². The summed E-state index contributed by atoms with van der Waals surface area (Å²) in [6, 6.07) is 9.82. The standard InChI is InChI=1S/C25H34N8O3/c1-25(2,26)22(34)31-9-11-32(12-10-31)23(35)28-21-7-8-33(24(36)29-21)19-5-3-17(4-6-19)14-30-15-18-13-27-20(18)16-30/h3-8,18,20,27H,9-16,26H2,1-2H3,(H,28,29,35,36)/t18?,20-/m1/s1. The molecule has 11 heteroatoms. The van der Waals surface area contributed by atoms with E-state index in [2.05, 4.69) is 20.5 Å². The molecule has 11 nitrogen and oxygen atoms in total. The number of fused-ring (bicyclic) bond motifs is 1. The number of benzene rings is 1. The van der Waals surface area contributed by atoms with Crippen molar-refractivity contribution in [2.24, 2.45) is 11.7 Å². The van der Waals surface area contributed by atoms with Crippen LogP contribution >= 0.6 is 0 Å². The average molecular weight is 495 g/mol. The zero-order valence-corrected chi connectivity index (χ0v) is 20.8. The summed E-state index contributed by atoms with van der Waals surface area (Å²) in [4.78, 5) is 47.4. The van der Waals surface area contributed by atoms with E-state index in [1.54, 1.807) is 35.9 Å². The summed E-state index contributed by atoms with van der Waals surface area (Å²) in [6.07, 6.45) is 1.61. The van der Waals surface area contributed by atoms with Gasteiger partial charge in [-0.15, -0.1) is 0 Å². The molecule has 4 heterocycles. The van der Waals surface area contributed by atoms with E-state index in [0.717, 1.165) is 37.8 Å². The fourth-order valence-corrected chi connectivity index (χ4v) is 5.07. The molecule has 3 aliphatic rings. The number of carbonyl (C=O) groups is 2. The van der Waals surface area contributed by atoms with Crippen molar-refractivity contribution >= 4 is 17.8 Å². The van der Waals surface area contributed by atoms with Crippen molar-refractivity contribution in [3.05, 3.63) is 52.6 Å². The van der Waals surface area contributed by atoms with Crippen molar-refractivity contribution in [2.45, 2.75) is 32.0 Å². The Morgan fingerprint density at radius 3 is 2.33 bits per heavy atom. The normalized spacial score (nSPS) is 22.2. The van der Waals surface area contributed by atoms with Crippen LogP contribution in [0.4, 0.5) is 10.6 Å². The summed E-state index contributed by atoms with van der Waals surface area (Å²) in [5.74, 6) is 0.836. The molecule has 1 unspecified atom stereocenters. The number of nitrogens with one attached hydrogen (secondary N) is 2. The van der Waals surface area contributed by atoms with Gasteiger partial charge in [-0.25, -0.2) is 9.59 Å². The Bertz CT molecular complexity index is 1170. The second-order valence-corrected chi connectivity index (χ2v) is 10.5. The number of piperazine rings is 1. The van der Waals surface area contributed by atoms with E-state index in [1.807, 2.05) is 24.3 Å². The lowest BCUT2D eigenvalue weighted by molar-refractivity contribution is -0.137. The highest BCUT2D eigenvalue weighted by Gasteiger charge is 2.38. The number of anilines is 1. The van der Waals surface area contributed by atoms with Crippen LogP contribution in [0.25, 0.3) is 5.69 Å². The van der Waals surface area contributed by atoms with Gasteiger partial charge in [0.1, 0.15) is 5.82 Å². The topological polar surface area (TPSA) is 129 Å². The van der Waals surface area contributed by atoms with E-state index in [0.29, 0.717) is 32.2 Å². The van der Waals surface area contributed by atoms with Gasteiger partial charge in [0, 0.05) is 70.5 Å². The molecule has 3 saturated heterocycles. The third-order valence-electron chi connectivity index (χ3n) is 7.22. The number of amides is 3. The first-order valence-corrected chi connectivity index (χ1v) is 12.5. The number of urea groups is 1. The largest absolute Gasteiger partial charge is 0.354 e. The van der Waals surface area contributed by atoms with Crippen LogP contribution < -0.4 is 22.1 Å². The number of aromatic nitrogens is 2. The molecule has 1 aromatic carbocycles. The molecule has 3 amide bonds. The lowest BCUT2D eigenvalue weighted by Crippen LogP contribution is -2.58. The van der Waals surface area contributed by atoms with E-state index >= 15 is 0 Å². The number of hydrogen-bond acceptors (Lipinski definition) is 7. The molecule has 5 rings (SSSR count). The molecule has 2 aromatic rings. The minimum absolute atomic E-state index is 0.138. The molecule has 0 spiro atoms. The highest BCUT2D eigenvalue weighted by Crippen LogP contribution is 2.25. The van der Waals surface area contributed by atoms with Crippen LogP contribution in [0, 0.1) is 5.92 Å². The smallest absolute Gasteiger partial charge is 0.338 e. The van der Waals surface area contributed by atoms with Gasteiger partial charge in [0.05, 0.1) is 11.2 Å². The summed E-state index contributed by atoms with van der Waals surface area (Å²) < 4.78 is 1.46. The molecule has 36 heavy (non-hydrogen) atoms. The average Bonchev–Trinajstić information content (AvgIpc) is 3.12. The van der Waals surface area contributed by atoms with Crippen molar-refractivity contribution in [3.63, 3.8) is 0 Å². The first-order chi connectivity index (χ1) is 17.2. The fourth-order valence-electron chi connectivity index (χ4n) is 5.07. The quantitative estimate of drug-likeness (QED) is 0.536. The fraction of sp³-hybridized carbons (Fsp3) is 0.520. The van der Waals surface area contributed by atoms with Crippen LogP contribution in [0.15, 0.2) is 41.3 Å². The van der Waals surface area contributed by atoms with E-state index < -0.39 is 11.2 Å². The Morgan fingerprint density at radius 1 is 1.08 bits per heavy atom. The molecular formula is C25H34N8O3. The minimum atomic E-state index is -0.941.